The van der Waals surface area contributed by atoms with Crippen LogP contribution < -0.4 is 10.2 Å². The third kappa shape index (κ3) is 5.31. The van der Waals surface area contributed by atoms with Crippen molar-refractivity contribution in [3.63, 3.8) is 0 Å². The van der Waals surface area contributed by atoms with E-state index in [1.54, 1.807) is 26.0 Å². The number of carbonyl (C=O) groups excluding carboxylic acids is 2. The van der Waals surface area contributed by atoms with E-state index in [0.717, 1.165) is 45.2 Å². The summed E-state index contributed by atoms with van der Waals surface area (Å²) in [6, 6.07) is 4.74. The largest absolute Gasteiger partial charge is 0.462 e. The van der Waals surface area contributed by atoms with Crippen molar-refractivity contribution in [3.8, 4) is 0 Å². The number of nitrogens with zero attached hydrogens (tertiary/aromatic N) is 2. The predicted molar refractivity (Wildman–Crippen MR) is 114 cm³/mol. The molecule has 0 saturated carbocycles. The molecule has 1 aromatic rings. The highest BCUT2D eigenvalue weighted by Crippen LogP contribution is 2.29. The number of nitrogens with one attached hydrogen (secondary N) is 1. The molecule has 0 aromatic heterocycles. The summed E-state index contributed by atoms with van der Waals surface area (Å²) in [4.78, 5) is 26.9. The van der Waals surface area contributed by atoms with Gasteiger partial charge in [0.15, 0.2) is 0 Å². The summed E-state index contributed by atoms with van der Waals surface area (Å²) in [6.45, 7) is 5.83. The van der Waals surface area contributed by atoms with Crippen molar-refractivity contribution in [1.29, 1.82) is 0 Å². The molecule has 1 amide bonds. The molecular weight excluding hydrogens is 406 g/mol. The Kier molecular flexibility index (Phi) is 7.36. The molecule has 3 rings (SSSR count). The van der Waals surface area contributed by atoms with E-state index >= 15 is 0 Å². The van der Waals surface area contributed by atoms with Crippen LogP contribution in [0.1, 0.15) is 56.3 Å². The van der Waals surface area contributed by atoms with Gasteiger partial charge in [-0.05, 0) is 57.7 Å². The van der Waals surface area contributed by atoms with E-state index in [-0.39, 0.29) is 23.1 Å². The molecule has 0 atom stereocenters. The Hall–Kier alpha value is -2.13. The molecule has 0 radical (unpaired) electrons. The number of rotatable bonds is 7. The van der Waals surface area contributed by atoms with Gasteiger partial charge in [-0.3, -0.25) is 9.59 Å². The number of benzene rings is 1. The maximum absolute atomic E-state index is 13.1. The summed E-state index contributed by atoms with van der Waals surface area (Å²) < 4.78 is 32.7. The van der Waals surface area contributed by atoms with E-state index in [9.17, 15) is 18.0 Å². The third-order valence-electron chi connectivity index (χ3n) is 5.37. The van der Waals surface area contributed by atoms with Gasteiger partial charge in [0, 0.05) is 31.9 Å². The Labute approximate surface area is 178 Å². The zero-order chi connectivity index (χ0) is 21.7. The van der Waals surface area contributed by atoms with E-state index in [2.05, 4.69) is 10.2 Å². The van der Waals surface area contributed by atoms with Crippen LogP contribution in [0.2, 0.25) is 0 Å². The van der Waals surface area contributed by atoms with Crippen LogP contribution in [0.25, 0.3) is 0 Å². The molecule has 2 aliphatic heterocycles. The standard InChI is InChI=1S/C21H31N3O5S/c1-16(2)29-20(25)15-22-21(26)18-14-17(8-9-19(18)23-10-6-7-11-23)30(27,28)24-12-4-3-5-13-24/h8-9,14,16H,3-7,10-13,15H2,1-2H3,(H,22,26). The summed E-state index contributed by atoms with van der Waals surface area (Å²) in [5.41, 5.74) is 0.965. The molecule has 1 aromatic carbocycles. The molecular formula is C21H31N3O5S. The molecule has 2 fully saturated rings. The first-order valence-electron chi connectivity index (χ1n) is 10.7. The van der Waals surface area contributed by atoms with Gasteiger partial charge in [-0.15, -0.1) is 0 Å². The van der Waals surface area contributed by atoms with Crippen LogP contribution >= 0.6 is 0 Å². The van der Waals surface area contributed by atoms with Gasteiger partial charge in [0.25, 0.3) is 5.91 Å². The fourth-order valence-electron chi connectivity index (χ4n) is 3.90. The van der Waals surface area contributed by atoms with Gasteiger partial charge in [0.2, 0.25) is 10.0 Å². The smallest absolute Gasteiger partial charge is 0.325 e. The van der Waals surface area contributed by atoms with Gasteiger partial charge in [-0.2, -0.15) is 4.31 Å². The number of carbonyl (C=O) groups is 2. The maximum Gasteiger partial charge on any atom is 0.325 e. The quantitative estimate of drug-likeness (QED) is 0.657. The number of piperidine rings is 1. The van der Waals surface area contributed by atoms with Crippen molar-refractivity contribution in [2.75, 3.05) is 37.6 Å². The first kappa shape index (κ1) is 22.6. The third-order valence-corrected chi connectivity index (χ3v) is 7.27. The first-order chi connectivity index (χ1) is 14.3. The lowest BCUT2D eigenvalue weighted by atomic mass is 10.1. The highest BCUT2D eigenvalue weighted by atomic mass is 32.2. The normalized spacial score (nSPS) is 17.9. The zero-order valence-electron chi connectivity index (χ0n) is 17.7. The zero-order valence-corrected chi connectivity index (χ0v) is 18.5. The summed E-state index contributed by atoms with van der Waals surface area (Å²) >= 11 is 0. The molecule has 2 heterocycles. The predicted octanol–water partition coefficient (Wildman–Crippen LogP) is 2.14. The fourth-order valence-corrected chi connectivity index (χ4v) is 5.44. The second-order valence-corrected chi connectivity index (χ2v) is 10.00. The monoisotopic (exact) mass is 437 g/mol. The molecule has 0 aliphatic carbocycles. The van der Waals surface area contributed by atoms with Gasteiger partial charge in [0.05, 0.1) is 16.6 Å². The molecule has 0 bridgehead atoms. The van der Waals surface area contributed by atoms with Crippen LogP contribution in [0.3, 0.4) is 0 Å². The lowest BCUT2D eigenvalue weighted by molar-refractivity contribution is -0.146. The first-order valence-corrected chi connectivity index (χ1v) is 12.1. The molecule has 0 unspecified atom stereocenters. The van der Waals surface area contributed by atoms with Gasteiger partial charge in [0.1, 0.15) is 6.54 Å². The van der Waals surface area contributed by atoms with E-state index in [4.69, 9.17) is 4.74 Å². The fraction of sp³-hybridized carbons (Fsp3) is 0.619. The van der Waals surface area contributed by atoms with Gasteiger partial charge >= 0.3 is 5.97 Å². The Balaban J connectivity index is 1.87. The van der Waals surface area contributed by atoms with Crippen LogP contribution in [0.15, 0.2) is 23.1 Å². The molecule has 2 saturated heterocycles. The molecule has 30 heavy (non-hydrogen) atoms. The number of amides is 1. The minimum absolute atomic E-state index is 0.113. The Bertz CT molecular complexity index is 873. The Morgan fingerprint density at radius 3 is 2.30 bits per heavy atom. The average molecular weight is 438 g/mol. The number of sulfonamides is 1. The average Bonchev–Trinajstić information content (AvgIpc) is 3.26. The van der Waals surface area contributed by atoms with E-state index in [0.29, 0.717) is 18.8 Å². The van der Waals surface area contributed by atoms with Crippen molar-refractivity contribution in [2.24, 2.45) is 0 Å². The Morgan fingerprint density at radius 1 is 1.03 bits per heavy atom. The van der Waals surface area contributed by atoms with Crippen LogP contribution in [0, 0.1) is 0 Å². The molecule has 1 N–H and O–H groups in total. The Morgan fingerprint density at radius 2 is 1.67 bits per heavy atom. The molecule has 9 heteroatoms. The van der Waals surface area contributed by atoms with Crippen molar-refractivity contribution in [3.05, 3.63) is 23.8 Å². The highest BCUT2D eigenvalue weighted by molar-refractivity contribution is 7.89. The van der Waals surface area contributed by atoms with Crippen molar-refractivity contribution >= 4 is 27.6 Å². The van der Waals surface area contributed by atoms with E-state index in [1.807, 2.05) is 0 Å². The number of anilines is 1. The summed E-state index contributed by atoms with van der Waals surface area (Å²) in [6.07, 6.45) is 4.49. The second kappa shape index (κ2) is 9.78. The van der Waals surface area contributed by atoms with Crippen molar-refractivity contribution in [2.45, 2.75) is 57.0 Å². The van der Waals surface area contributed by atoms with Crippen molar-refractivity contribution in [1.82, 2.24) is 9.62 Å². The van der Waals surface area contributed by atoms with Crippen LogP contribution in [-0.4, -0.2) is 63.4 Å². The van der Waals surface area contributed by atoms with Gasteiger partial charge in [-0.1, -0.05) is 6.42 Å². The summed E-state index contributed by atoms with van der Waals surface area (Å²) in [5.74, 6) is -1.01. The lowest BCUT2D eigenvalue weighted by Gasteiger charge is -2.27. The minimum atomic E-state index is -3.66. The molecule has 166 valence electrons. The maximum atomic E-state index is 13.1. The minimum Gasteiger partial charge on any atom is -0.462 e. The van der Waals surface area contributed by atoms with Crippen molar-refractivity contribution < 1.29 is 22.7 Å². The number of hydrogen-bond donors (Lipinski definition) is 1. The number of ether oxygens (including phenoxy) is 1. The summed E-state index contributed by atoms with van der Waals surface area (Å²) in [7, 11) is -3.66. The topological polar surface area (TPSA) is 96.0 Å². The number of hydrogen-bond acceptors (Lipinski definition) is 6. The second-order valence-electron chi connectivity index (χ2n) is 8.06. The van der Waals surface area contributed by atoms with Crippen LogP contribution in [0.5, 0.6) is 0 Å². The van der Waals surface area contributed by atoms with Crippen LogP contribution in [0.4, 0.5) is 5.69 Å². The van der Waals surface area contributed by atoms with Gasteiger partial charge in [-0.25, -0.2) is 8.42 Å². The van der Waals surface area contributed by atoms with E-state index < -0.39 is 21.9 Å². The summed E-state index contributed by atoms with van der Waals surface area (Å²) in [5, 5.41) is 2.58. The van der Waals surface area contributed by atoms with E-state index in [1.165, 1.54) is 10.4 Å². The molecule has 0 spiro atoms. The van der Waals surface area contributed by atoms with Crippen LogP contribution in [-0.2, 0) is 19.6 Å². The van der Waals surface area contributed by atoms with Gasteiger partial charge < -0.3 is 15.0 Å². The number of esters is 1. The molecule has 8 nitrogen and oxygen atoms in total. The molecule has 2 aliphatic rings. The highest BCUT2D eigenvalue weighted by Gasteiger charge is 2.29. The lowest BCUT2D eigenvalue weighted by Crippen LogP contribution is -2.36. The SMILES string of the molecule is CC(C)OC(=O)CNC(=O)c1cc(S(=O)(=O)N2CCCCC2)ccc1N1CCCC1.